The van der Waals surface area contributed by atoms with Crippen LogP contribution in [-0.2, 0) is 6.18 Å². The number of anilines is 2. The zero-order valence-corrected chi connectivity index (χ0v) is 29.8. The Balaban J connectivity index is 1.33. The maximum atomic E-state index is 16.9. The first-order chi connectivity index (χ1) is 24.2. The molecule has 4 aromatic rings. The lowest BCUT2D eigenvalue weighted by atomic mass is 9.76. The number of nitrogen functional groups attached to an aromatic ring is 1. The maximum Gasteiger partial charge on any atom is 0.418 e. The molecule has 5 heterocycles. The number of imidazole rings is 1. The van der Waals surface area contributed by atoms with Crippen LogP contribution < -0.4 is 15.4 Å². The number of aromatic nitrogens is 5. The highest BCUT2D eigenvalue weighted by Crippen LogP contribution is 2.48. The molecule has 1 saturated carbocycles. The fourth-order valence-electron chi connectivity index (χ4n) is 8.29. The van der Waals surface area contributed by atoms with E-state index in [1.807, 2.05) is 11.8 Å². The number of benzene rings is 1. The Morgan fingerprint density at radius 3 is 2.59 bits per heavy atom. The van der Waals surface area contributed by atoms with Crippen molar-refractivity contribution in [2.24, 2.45) is 5.41 Å². The molecule has 3 atom stereocenters. The molecule has 0 unspecified atom stereocenters. The zero-order chi connectivity index (χ0) is 36.4. The molecule has 1 aliphatic carbocycles. The standard InChI is InChI=1S/C34H37Cl2F4N9O2/c1-18-12-24(41)43-29(26(18)34(38,39)40)25-21(35)13-20-28(27(25)37)44-31(51-16-33-7-4-6-22(33)46(3)9-5-8-33)45-30(20)49-11-10-47(14-19(49)2)32(50)48-15-23(36)42-17-48/h12-13,15,17,19,22H,4-11,14,16H2,1-3H3,(H2,41,43)/t19-,22+,33+/m0/s1. The number of aryl methyl sites for hydroxylation is 1. The van der Waals surface area contributed by atoms with Gasteiger partial charge in [-0.15, -0.1) is 0 Å². The van der Waals surface area contributed by atoms with E-state index in [1.165, 1.54) is 30.1 Å². The van der Waals surface area contributed by atoms with E-state index in [2.05, 4.69) is 26.9 Å². The van der Waals surface area contributed by atoms with Crippen molar-refractivity contribution in [3.8, 4) is 17.3 Å². The van der Waals surface area contributed by atoms with Crippen molar-refractivity contribution in [2.45, 2.75) is 64.2 Å². The zero-order valence-electron chi connectivity index (χ0n) is 28.3. The van der Waals surface area contributed by atoms with Gasteiger partial charge in [0, 0.05) is 42.5 Å². The monoisotopic (exact) mass is 749 g/mol. The summed E-state index contributed by atoms with van der Waals surface area (Å²) >= 11 is 12.6. The van der Waals surface area contributed by atoms with Crippen LogP contribution in [0.15, 0.2) is 24.7 Å². The van der Waals surface area contributed by atoms with E-state index in [0.717, 1.165) is 44.7 Å². The average molecular weight is 751 g/mol. The third kappa shape index (κ3) is 6.41. The van der Waals surface area contributed by atoms with E-state index in [1.54, 1.807) is 4.90 Å². The summed E-state index contributed by atoms with van der Waals surface area (Å²) in [4.78, 5) is 36.2. The lowest BCUT2D eigenvalue weighted by molar-refractivity contribution is -0.137. The van der Waals surface area contributed by atoms with Gasteiger partial charge < -0.3 is 25.2 Å². The Bertz CT molecular complexity index is 2010. The van der Waals surface area contributed by atoms with Crippen LogP contribution in [0.4, 0.5) is 34.0 Å². The van der Waals surface area contributed by atoms with Crippen LogP contribution in [-0.4, -0.2) is 92.3 Å². The van der Waals surface area contributed by atoms with Gasteiger partial charge in [-0.25, -0.2) is 19.2 Å². The third-order valence-corrected chi connectivity index (χ3v) is 11.1. The van der Waals surface area contributed by atoms with E-state index >= 15 is 4.39 Å². The number of nitrogens with two attached hydrogens (primary N) is 1. The van der Waals surface area contributed by atoms with Gasteiger partial charge in [0.05, 0.1) is 34.6 Å². The molecule has 0 bridgehead atoms. The van der Waals surface area contributed by atoms with E-state index in [0.29, 0.717) is 12.6 Å². The number of rotatable bonds is 5. The molecule has 2 aliphatic heterocycles. The molecule has 1 aromatic carbocycles. The lowest BCUT2D eigenvalue weighted by Gasteiger charge is -2.44. The molecule has 2 N–H and O–H groups in total. The van der Waals surface area contributed by atoms with Gasteiger partial charge in [-0.3, -0.25) is 4.57 Å². The Morgan fingerprint density at radius 2 is 1.88 bits per heavy atom. The number of halogens is 6. The number of alkyl halides is 3. The lowest BCUT2D eigenvalue weighted by Crippen LogP contribution is -2.54. The molecule has 51 heavy (non-hydrogen) atoms. The van der Waals surface area contributed by atoms with Crippen molar-refractivity contribution in [3.05, 3.63) is 51.8 Å². The van der Waals surface area contributed by atoms with E-state index < -0.39 is 28.8 Å². The normalized spacial score (nSPS) is 22.8. The summed E-state index contributed by atoms with van der Waals surface area (Å²) in [7, 11) is 2.11. The highest BCUT2D eigenvalue weighted by Gasteiger charge is 2.47. The third-order valence-electron chi connectivity index (χ3n) is 10.6. The van der Waals surface area contributed by atoms with Crippen LogP contribution in [0.3, 0.4) is 0 Å². The maximum absolute atomic E-state index is 16.9. The number of carbonyl (C=O) groups is 1. The molecular weight excluding hydrogens is 713 g/mol. The molecular formula is C34H37Cl2F4N9O2. The van der Waals surface area contributed by atoms with Gasteiger partial charge in [0.1, 0.15) is 28.6 Å². The van der Waals surface area contributed by atoms with Crippen molar-refractivity contribution in [1.29, 1.82) is 0 Å². The number of ether oxygens (including phenoxy) is 1. The van der Waals surface area contributed by atoms with Crippen LogP contribution in [0, 0.1) is 18.2 Å². The summed E-state index contributed by atoms with van der Waals surface area (Å²) in [5.74, 6) is -1.05. The van der Waals surface area contributed by atoms with E-state index in [4.69, 9.17) is 38.7 Å². The molecule has 11 nitrogen and oxygen atoms in total. The molecule has 272 valence electrons. The quantitative estimate of drug-likeness (QED) is 0.214. The number of piperazine rings is 1. The SMILES string of the molecule is Cc1cc(N)nc(-c2c(Cl)cc3c(N4CCN(C(=O)n5cnc(Cl)c5)C[C@@H]4C)nc(OC[C@]45CCC[C@H]4N(C)CCC5)nc3c2F)c1C(F)(F)F. The molecule has 3 aliphatic rings. The fourth-order valence-corrected chi connectivity index (χ4v) is 8.73. The number of piperidine rings is 1. The number of likely N-dealkylation sites (tertiary alicyclic amines) is 1. The van der Waals surface area contributed by atoms with Crippen LogP contribution >= 0.6 is 23.2 Å². The molecule has 1 amide bonds. The minimum atomic E-state index is -4.88. The average Bonchev–Trinajstić information content (AvgIpc) is 3.70. The smallest absolute Gasteiger partial charge is 0.418 e. The van der Waals surface area contributed by atoms with Crippen molar-refractivity contribution in [2.75, 3.05) is 50.5 Å². The molecule has 0 spiro atoms. The van der Waals surface area contributed by atoms with Gasteiger partial charge in [-0.05, 0) is 70.8 Å². The second-order valence-corrected chi connectivity index (χ2v) is 14.7. The predicted molar refractivity (Wildman–Crippen MR) is 186 cm³/mol. The first-order valence-electron chi connectivity index (χ1n) is 16.8. The first-order valence-corrected chi connectivity index (χ1v) is 17.6. The molecule has 2 saturated heterocycles. The second kappa shape index (κ2) is 13.2. The summed E-state index contributed by atoms with van der Waals surface area (Å²) in [6.07, 6.45) is 2.91. The minimum absolute atomic E-state index is 0.107. The predicted octanol–water partition coefficient (Wildman–Crippen LogP) is 7.07. The number of carbonyl (C=O) groups excluding carboxylic acids is 1. The summed E-state index contributed by atoms with van der Waals surface area (Å²) in [5.41, 5.74) is 2.79. The highest BCUT2D eigenvalue weighted by molar-refractivity contribution is 6.34. The fraction of sp³-hybridized carbons (Fsp3) is 0.500. The Labute approximate surface area is 301 Å². The van der Waals surface area contributed by atoms with Gasteiger partial charge in [0.25, 0.3) is 0 Å². The highest BCUT2D eigenvalue weighted by atomic mass is 35.5. The Morgan fingerprint density at radius 1 is 1.12 bits per heavy atom. The second-order valence-electron chi connectivity index (χ2n) is 13.9. The van der Waals surface area contributed by atoms with Crippen molar-refractivity contribution in [3.63, 3.8) is 0 Å². The van der Waals surface area contributed by atoms with Crippen LogP contribution in [0.2, 0.25) is 10.2 Å². The van der Waals surface area contributed by atoms with Crippen LogP contribution in [0.5, 0.6) is 6.01 Å². The molecule has 7 rings (SSSR count). The van der Waals surface area contributed by atoms with Crippen molar-refractivity contribution < 1.29 is 27.1 Å². The number of nitrogens with zero attached hydrogens (tertiary/aromatic N) is 8. The van der Waals surface area contributed by atoms with Gasteiger partial charge in [0.2, 0.25) is 0 Å². The van der Waals surface area contributed by atoms with E-state index in [9.17, 15) is 18.0 Å². The topological polar surface area (TPSA) is 119 Å². The largest absolute Gasteiger partial charge is 0.463 e. The van der Waals surface area contributed by atoms with Crippen molar-refractivity contribution in [1.82, 2.24) is 34.3 Å². The van der Waals surface area contributed by atoms with Gasteiger partial charge >= 0.3 is 18.2 Å². The number of amides is 1. The molecule has 17 heteroatoms. The number of pyridine rings is 1. The molecule has 3 fully saturated rings. The van der Waals surface area contributed by atoms with Crippen LogP contribution in [0.25, 0.3) is 22.2 Å². The van der Waals surface area contributed by atoms with Gasteiger partial charge in [-0.2, -0.15) is 23.1 Å². The molecule has 3 aromatic heterocycles. The number of fused-ring (bicyclic) bond motifs is 2. The Hall–Kier alpha value is -3.95. The Kier molecular flexibility index (Phi) is 9.20. The van der Waals surface area contributed by atoms with Gasteiger partial charge in [-0.1, -0.05) is 29.6 Å². The van der Waals surface area contributed by atoms with E-state index in [-0.39, 0.29) is 81.4 Å². The molecule has 0 radical (unpaired) electrons. The number of hydrogen-bond donors (Lipinski definition) is 1. The summed E-state index contributed by atoms with van der Waals surface area (Å²) in [6.45, 7) is 5.23. The summed E-state index contributed by atoms with van der Waals surface area (Å²) in [5, 5.41) is 0.0329. The number of hydrogen-bond acceptors (Lipinski definition) is 9. The van der Waals surface area contributed by atoms with Gasteiger partial charge in [0.15, 0.2) is 5.82 Å². The minimum Gasteiger partial charge on any atom is -0.463 e. The first kappa shape index (κ1) is 35.5. The van der Waals surface area contributed by atoms with Crippen LogP contribution in [0.1, 0.15) is 50.2 Å². The summed E-state index contributed by atoms with van der Waals surface area (Å²) < 4.78 is 67.7. The summed E-state index contributed by atoms with van der Waals surface area (Å²) in [6, 6.07) is 2.00. The van der Waals surface area contributed by atoms with Crippen molar-refractivity contribution >= 4 is 51.8 Å².